The highest BCUT2D eigenvalue weighted by atomic mass is 35.5. The second-order valence-corrected chi connectivity index (χ2v) is 6.32. The van der Waals surface area contributed by atoms with E-state index < -0.39 is 0 Å². The van der Waals surface area contributed by atoms with Crippen LogP contribution in [0.3, 0.4) is 0 Å². The lowest BCUT2D eigenvalue weighted by Gasteiger charge is -2.31. The lowest BCUT2D eigenvalue weighted by Crippen LogP contribution is -2.52. The van der Waals surface area contributed by atoms with Gasteiger partial charge in [0.1, 0.15) is 11.6 Å². The van der Waals surface area contributed by atoms with Gasteiger partial charge in [0.25, 0.3) is 0 Å². The first-order valence-corrected chi connectivity index (χ1v) is 7.74. The Kier molecular flexibility index (Phi) is 9.84. The molecule has 132 valence electrons. The summed E-state index contributed by atoms with van der Waals surface area (Å²) in [5, 5.41) is 3.00. The second kappa shape index (κ2) is 10.4. The maximum Gasteiger partial charge on any atom is 0.220 e. The fourth-order valence-electron chi connectivity index (χ4n) is 2.47. The molecule has 0 heterocycles. The van der Waals surface area contributed by atoms with Crippen LogP contribution < -0.4 is 15.8 Å². The van der Waals surface area contributed by atoms with E-state index >= 15 is 0 Å². The van der Waals surface area contributed by atoms with Crippen molar-refractivity contribution >= 4 is 18.3 Å². The number of carbonyl (C=O) groups is 1. The molecule has 1 rings (SSSR count). The van der Waals surface area contributed by atoms with E-state index in [9.17, 15) is 9.18 Å². The number of halogens is 2. The Hall–Kier alpha value is -1.33. The van der Waals surface area contributed by atoms with Gasteiger partial charge in [-0.15, -0.1) is 12.4 Å². The summed E-state index contributed by atoms with van der Waals surface area (Å²) in [4.78, 5) is 12.0. The quantitative estimate of drug-likeness (QED) is 0.674. The van der Waals surface area contributed by atoms with Crippen LogP contribution in [0, 0.1) is 11.7 Å². The van der Waals surface area contributed by atoms with Crippen molar-refractivity contribution in [2.24, 2.45) is 11.7 Å². The van der Waals surface area contributed by atoms with Gasteiger partial charge in [0.05, 0.1) is 6.61 Å². The molecule has 1 unspecified atom stereocenters. The van der Waals surface area contributed by atoms with Crippen LogP contribution in [0.5, 0.6) is 5.75 Å². The predicted molar refractivity (Wildman–Crippen MR) is 93.4 cm³/mol. The molecule has 0 aromatic heterocycles. The van der Waals surface area contributed by atoms with Crippen molar-refractivity contribution in [3.8, 4) is 5.75 Å². The number of amides is 1. The molecule has 4 nitrogen and oxygen atoms in total. The Morgan fingerprint density at radius 2 is 2.13 bits per heavy atom. The summed E-state index contributed by atoms with van der Waals surface area (Å²) in [7, 11) is 0. The molecule has 0 aliphatic heterocycles. The van der Waals surface area contributed by atoms with Gasteiger partial charge in [-0.3, -0.25) is 4.79 Å². The van der Waals surface area contributed by atoms with Crippen LogP contribution in [-0.2, 0) is 4.79 Å². The molecule has 0 saturated heterocycles. The molecule has 6 heteroatoms. The number of rotatable bonds is 9. The van der Waals surface area contributed by atoms with Crippen LogP contribution in [0.25, 0.3) is 0 Å². The van der Waals surface area contributed by atoms with Crippen LogP contribution in [0.15, 0.2) is 24.3 Å². The van der Waals surface area contributed by atoms with Crippen molar-refractivity contribution in [3.05, 3.63) is 30.1 Å². The smallest absolute Gasteiger partial charge is 0.220 e. The normalized spacial score (nSPS) is 13.1. The average molecular weight is 347 g/mol. The van der Waals surface area contributed by atoms with Gasteiger partial charge >= 0.3 is 0 Å². The van der Waals surface area contributed by atoms with Crippen LogP contribution in [0.1, 0.15) is 40.0 Å². The topological polar surface area (TPSA) is 64.3 Å². The Labute approximate surface area is 144 Å². The lowest BCUT2D eigenvalue weighted by atomic mass is 9.90. The molecule has 0 bridgehead atoms. The number of ether oxygens (including phenoxy) is 1. The summed E-state index contributed by atoms with van der Waals surface area (Å²) in [6.45, 7) is 6.96. The van der Waals surface area contributed by atoms with E-state index in [0.29, 0.717) is 37.7 Å². The number of benzene rings is 1. The summed E-state index contributed by atoms with van der Waals surface area (Å²) in [5.74, 6) is 0.580. The minimum absolute atomic E-state index is 0. The fraction of sp³-hybridized carbons (Fsp3) is 0.588. The van der Waals surface area contributed by atoms with Gasteiger partial charge in [0, 0.05) is 24.6 Å². The van der Waals surface area contributed by atoms with E-state index in [4.69, 9.17) is 10.5 Å². The standard InChI is InChI=1S/C17H27FN2O2.ClH/c1-13(2)11-17(3,12-19)20-16(21)8-5-9-22-15-7-4-6-14(18)10-15;/h4,6-7,10,13H,5,8-9,11-12,19H2,1-3H3,(H,20,21);1H. The van der Waals surface area contributed by atoms with Crippen LogP contribution in [-0.4, -0.2) is 24.6 Å². The monoisotopic (exact) mass is 346 g/mol. The van der Waals surface area contributed by atoms with Crippen molar-refractivity contribution < 1.29 is 13.9 Å². The van der Waals surface area contributed by atoms with Gasteiger partial charge < -0.3 is 15.8 Å². The van der Waals surface area contributed by atoms with Crippen molar-refractivity contribution in [1.29, 1.82) is 0 Å². The zero-order valence-corrected chi connectivity index (χ0v) is 14.9. The summed E-state index contributed by atoms with van der Waals surface area (Å²) in [5.41, 5.74) is 5.41. The van der Waals surface area contributed by atoms with E-state index in [2.05, 4.69) is 19.2 Å². The van der Waals surface area contributed by atoms with Gasteiger partial charge in [-0.05, 0) is 37.8 Å². The van der Waals surface area contributed by atoms with Gasteiger partial charge in [0.15, 0.2) is 0 Å². The van der Waals surface area contributed by atoms with Gasteiger partial charge in [0.2, 0.25) is 5.91 Å². The molecule has 1 amide bonds. The molecule has 0 radical (unpaired) electrons. The Morgan fingerprint density at radius 3 is 2.70 bits per heavy atom. The molecule has 0 spiro atoms. The lowest BCUT2D eigenvalue weighted by molar-refractivity contribution is -0.123. The molecule has 1 aromatic rings. The summed E-state index contributed by atoms with van der Waals surface area (Å²) < 4.78 is 18.4. The first kappa shape index (κ1) is 21.7. The third-order valence-electron chi connectivity index (χ3n) is 3.36. The second-order valence-electron chi connectivity index (χ2n) is 6.32. The molecule has 0 aliphatic carbocycles. The maximum absolute atomic E-state index is 13.0. The SMILES string of the molecule is CC(C)CC(C)(CN)NC(=O)CCCOc1cccc(F)c1.Cl. The van der Waals surface area contributed by atoms with Crippen LogP contribution in [0.4, 0.5) is 4.39 Å². The molecule has 1 atom stereocenters. The summed E-state index contributed by atoms with van der Waals surface area (Å²) in [6, 6.07) is 5.98. The number of hydrogen-bond donors (Lipinski definition) is 2. The number of nitrogens with one attached hydrogen (secondary N) is 1. The van der Waals surface area contributed by atoms with Crippen molar-refractivity contribution in [3.63, 3.8) is 0 Å². The molecular formula is C17H28ClFN2O2. The highest BCUT2D eigenvalue weighted by Crippen LogP contribution is 2.16. The molecule has 1 aromatic carbocycles. The van der Waals surface area contributed by atoms with Crippen molar-refractivity contribution in [1.82, 2.24) is 5.32 Å². The molecular weight excluding hydrogens is 319 g/mol. The summed E-state index contributed by atoms with van der Waals surface area (Å²) in [6.07, 6.45) is 1.78. The number of carbonyl (C=O) groups excluding carboxylic acids is 1. The average Bonchev–Trinajstić information content (AvgIpc) is 2.43. The van der Waals surface area contributed by atoms with E-state index in [1.54, 1.807) is 12.1 Å². The third-order valence-corrected chi connectivity index (χ3v) is 3.36. The van der Waals surface area contributed by atoms with Gasteiger partial charge in [-0.1, -0.05) is 19.9 Å². The predicted octanol–water partition coefficient (Wildman–Crippen LogP) is 3.29. The number of nitrogens with two attached hydrogens (primary N) is 1. The molecule has 23 heavy (non-hydrogen) atoms. The Morgan fingerprint density at radius 1 is 1.43 bits per heavy atom. The highest BCUT2D eigenvalue weighted by Gasteiger charge is 2.25. The van der Waals surface area contributed by atoms with Crippen LogP contribution in [0.2, 0.25) is 0 Å². The molecule has 0 fully saturated rings. The number of hydrogen-bond acceptors (Lipinski definition) is 3. The highest BCUT2D eigenvalue weighted by molar-refractivity contribution is 5.85. The minimum Gasteiger partial charge on any atom is -0.493 e. The van der Waals surface area contributed by atoms with E-state index in [1.165, 1.54) is 12.1 Å². The zero-order valence-electron chi connectivity index (χ0n) is 14.1. The molecule has 3 N–H and O–H groups in total. The van der Waals surface area contributed by atoms with E-state index in [0.717, 1.165) is 6.42 Å². The van der Waals surface area contributed by atoms with Gasteiger partial charge in [-0.2, -0.15) is 0 Å². The van der Waals surface area contributed by atoms with E-state index in [-0.39, 0.29) is 29.7 Å². The Balaban J connectivity index is 0.00000484. The van der Waals surface area contributed by atoms with E-state index in [1.807, 2.05) is 6.92 Å². The largest absolute Gasteiger partial charge is 0.493 e. The maximum atomic E-state index is 13.0. The fourth-order valence-corrected chi connectivity index (χ4v) is 2.47. The molecule has 0 aliphatic rings. The third kappa shape index (κ3) is 8.77. The van der Waals surface area contributed by atoms with Gasteiger partial charge in [-0.25, -0.2) is 4.39 Å². The first-order chi connectivity index (χ1) is 10.3. The molecule has 0 saturated carbocycles. The van der Waals surface area contributed by atoms with Crippen molar-refractivity contribution in [2.45, 2.75) is 45.6 Å². The minimum atomic E-state index is -0.366. The Bertz CT molecular complexity index is 485. The summed E-state index contributed by atoms with van der Waals surface area (Å²) >= 11 is 0. The zero-order chi connectivity index (χ0) is 16.6. The van der Waals surface area contributed by atoms with Crippen molar-refractivity contribution in [2.75, 3.05) is 13.2 Å². The van der Waals surface area contributed by atoms with Crippen LogP contribution >= 0.6 is 12.4 Å². The first-order valence-electron chi connectivity index (χ1n) is 7.74.